The fraction of sp³-hybridized carbons (Fsp3) is 0.364. The minimum atomic E-state index is -4.36. The molecule has 1 saturated carbocycles. The summed E-state index contributed by atoms with van der Waals surface area (Å²) in [7, 11) is 1.83. The Labute approximate surface area is 171 Å². The SMILES string of the molecule is Cn1ncc2c([C@@H]3C[C@H]3C(=O)N3CC(N)C3)cc(-c3ccc(C(F)(F)F)cc3)cc21. The van der Waals surface area contributed by atoms with Gasteiger partial charge in [0.05, 0.1) is 17.3 Å². The number of aryl methyl sites for hydroxylation is 1. The van der Waals surface area contributed by atoms with Gasteiger partial charge in [0.2, 0.25) is 5.91 Å². The monoisotopic (exact) mass is 414 g/mol. The number of amides is 1. The average molecular weight is 414 g/mol. The van der Waals surface area contributed by atoms with Crippen LogP contribution in [0, 0.1) is 5.92 Å². The molecule has 1 aliphatic carbocycles. The summed E-state index contributed by atoms with van der Waals surface area (Å²) < 4.78 is 40.5. The lowest BCUT2D eigenvalue weighted by Gasteiger charge is -2.37. The van der Waals surface area contributed by atoms with Crippen LogP contribution in [0.3, 0.4) is 0 Å². The van der Waals surface area contributed by atoms with Gasteiger partial charge in [-0.1, -0.05) is 18.2 Å². The van der Waals surface area contributed by atoms with Gasteiger partial charge in [-0.3, -0.25) is 9.48 Å². The minimum Gasteiger partial charge on any atom is -0.339 e. The molecule has 0 spiro atoms. The van der Waals surface area contributed by atoms with E-state index in [1.807, 2.05) is 19.2 Å². The van der Waals surface area contributed by atoms with Crippen LogP contribution in [-0.2, 0) is 18.0 Å². The van der Waals surface area contributed by atoms with Crippen LogP contribution in [0.5, 0.6) is 0 Å². The highest BCUT2D eigenvalue weighted by Crippen LogP contribution is 2.51. The molecule has 0 radical (unpaired) electrons. The lowest BCUT2D eigenvalue weighted by Crippen LogP contribution is -2.58. The molecule has 1 aromatic heterocycles. The van der Waals surface area contributed by atoms with Crippen LogP contribution in [0.25, 0.3) is 22.0 Å². The average Bonchev–Trinajstić information content (AvgIpc) is 3.40. The van der Waals surface area contributed by atoms with Gasteiger partial charge >= 0.3 is 6.18 Å². The third kappa shape index (κ3) is 3.15. The van der Waals surface area contributed by atoms with E-state index in [-0.39, 0.29) is 23.8 Å². The van der Waals surface area contributed by atoms with E-state index >= 15 is 0 Å². The number of aromatic nitrogens is 2. The molecule has 1 saturated heterocycles. The van der Waals surface area contributed by atoms with Gasteiger partial charge in [-0.05, 0) is 47.2 Å². The van der Waals surface area contributed by atoms with E-state index < -0.39 is 11.7 Å². The van der Waals surface area contributed by atoms with Crippen molar-refractivity contribution >= 4 is 16.8 Å². The van der Waals surface area contributed by atoms with Crippen molar-refractivity contribution in [2.45, 2.75) is 24.6 Å². The Balaban J connectivity index is 1.50. The fourth-order valence-electron chi connectivity index (χ4n) is 4.34. The number of fused-ring (bicyclic) bond motifs is 1. The van der Waals surface area contributed by atoms with Crippen molar-refractivity contribution < 1.29 is 18.0 Å². The molecule has 156 valence electrons. The maximum atomic E-state index is 12.9. The zero-order chi connectivity index (χ0) is 21.2. The number of alkyl halides is 3. The Hall–Kier alpha value is -2.87. The number of likely N-dealkylation sites (tertiary alicyclic amines) is 1. The van der Waals surface area contributed by atoms with Crippen LogP contribution in [0.15, 0.2) is 42.6 Å². The summed E-state index contributed by atoms with van der Waals surface area (Å²) in [5.74, 6) is 0.165. The predicted molar refractivity (Wildman–Crippen MR) is 107 cm³/mol. The summed E-state index contributed by atoms with van der Waals surface area (Å²) in [4.78, 5) is 14.5. The number of hydrogen-bond donors (Lipinski definition) is 1. The quantitative estimate of drug-likeness (QED) is 0.713. The van der Waals surface area contributed by atoms with Crippen molar-refractivity contribution in [1.82, 2.24) is 14.7 Å². The molecule has 30 heavy (non-hydrogen) atoms. The molecule has 0 bridgehead atoms. The third-order valence-corrected chi connectivity index (χ3v) is 6.17. The van der Waals surface area contributed by atoms with Gasteiger partial charge in [-0.25, -0.2) is 0 Å². The highest BCUT2D eigenvalue weighted by atomic mass is 19.4. The van der Waals surface area contributed by atoms with Crippen molar-refractivity contribution in [2.24, 2.45) is 18.7 Å². The smallest absolute Gasteiger partial charge is 0.339 e. The molecule has 5 rings (SSSR count). The molecule has 8 heteroatoms. The highest BCUT2D eigenvalue weighted by molar-refractivity contribution is 5.91. The van der Waals surface area contributed by atoms with E-state index in [1.165, 1.54) is 12.1 Å². The third-order valence-electron chi connectivity index (χ3n) is 6.17. The number of hydrogen-bond acceptors (Lipinski definition) is 3. The van der Waals surface area contributed by atoms with Crippen LogP contribution in [0.1, 0.15) is 23.5 Å². The number of rotatable bonds is 3. The van der Waals surface area contributed by atoms with Crippen molar-refractivity contribution in [3.8, 4) is 11.1 Å². The number of nitrogens with zero attached hydrogens (tertiary/aromatic N) is 3. The molecule has 1 aliphatic heterocycles. The maximum Gasteiger partial charge on any atom is 0.416 e. The first-order valence-electron chi connectivity index (χ1n) is 9.90. The zero-order valence-corrected chi connectivity index (χ0v) is 16.4. The van der Waals surface area contributed by atoms with E-state index in [0.29, 0.717) is 18.7 Å². The summed E-state index contributed by atoms with van der Waals surface area (Å²) in [5.41, 5.74) is 8.56. The second-order valence-electron chi connectivity index (χ2n) is 8.29. The number of carbonyl (C=O) groups is 1. The summed E-state index contributed by atoms with van der Waals surface area (Å²) in [6.07, 6.45) is -1.80. The van der Waals surface area contributed by atoms with Crippen LogP contribution in [0.4, 0.5) is 13.2 Å². The lowest BCUT2D eigenvalue weighted by atomic mass is 9.96. The second kappa shape index (κ2) is 6.57. The summed E-state index contributed by atoms with van der Waals surface area (Å²) in [6, 6.07) is 9.16. The van der Waals surface area contributed by atoms with Crippen LogP contribution < -0.4 is 5.73 Å². The van der Waals surface area contributed by atoms with E-state index in [2.05, 4.69) is 5.10 Å². The summed E-state index contributed by atoms with van der Waals surface area (Å²) >= 11 is 0. The van der Waals surface area contributed by atoms with Gasteiger partial charge < -0.3 is 10.6 Å². The molecule has 2 fully saturated rings. The Bertz CT molecular complexity index is 1130. The zero-order valence-electron chi connectivity index (χ0n) is 16.4. The lowest BCUT2D eigenvalue weighted by molar-refractivity contribution is -0.138. The molecule has 5 nitrogen and oxygen atoms in total. The molecule has 3 aromatic rings. The number of benzene rings is 2. The van der Waals surface area contributed by atoms with Crippen molar-refractivity contribution in [2.75, 3.05) is 13.1 Å². The first-order chi connectivity index (χ1) is 14.2. The molecular formula is C22H21F3N4O. The van der Waals surface area contributed by atoms with Gasteiger partial charge in [-0.2, -0.15) is 18.3 Å². The fourth-order valence-corrected chi connectivity index (χ4v) is 4.34. The number of carbonyl (C=O) groups excluding carboxylic acids is 1. The van der Waals surface area contributed by atoms with Gasteiger partial charge in [0.15, 0.2) is 0 Å². The Morgan fingerprint density at radius 2 is 1.83 bits per heavy atom. The van der Waals surface area contributed by atoms with E-state index in [1.54, 1.807) is 15.8 Å². The normalized spacial score (nSPS) is 21.7. The largest absolute Gasteiger partial charge is 0.416 e. The van der Waals surface area contributed by atoms with Crippen LogP contribution in [-0.4, -0.2) is 39.7 Å². The van der Waals surface area contributed by atoms with Gasteiger partial charge in [-0.15, -0.1) is 0 Å². The van der Waals surface area contributed by atoms with Gasteiger partial charge in [0.25, 0.3) is 0 Å². The number of halogens is 3. The molecule has 2 atom stereocenters. The van der Waals surface area contributed by atoms with Gasteiger partial charge in [0, 0.05) is 37.5 Å². The summed E-state index contributed by atoms with van der Waals surface area (Å²) in [5, 5.41) is 5.33. The maximum absolute atomic E-state index is 12.9. The highest BCUT2D eigenvalue weighted by Gasteiger charge is 2.48. The van der Waals surface area contributed by atoms with Crippen molar-refractivity contribution in [3.63, 3.8) is 0 Å². The predicted octanol–water partition coefficient (Wildman–Crippen LogP) is 3.53. The Morgan fingerprint density at radius 1 is 1.13 bits per heavy atom. The van der Waals surface area contributed by atoms with E-state index in [9.17, 15) is 18.0 Å². The second-order valence-corrected chi connectivity index (χ2v) is 8.29. The first-order valence-corrected chi connectivity index (χ1v) is 9.90. The standard InChI is InChI=1S/C22H21F3N4O/c1-28-20-7-13(12-2-4-14(5-3-12)22(23,24)25)6-16(19(20)9-27-28)17-8-18(17)21(30)29-10-15(26)11-29/h2-7,9,15,17-18H,8,10-11,26H2,1H3/t17-,18+/m0/s1. The van der Waals surface area contributed by atoms with Gasteiger partial charge in [0.1, 0.15) is 0 Å². The van der Waals surface area contributed by atoms with E-state index in [4.69, 9.17) is 5.73 Å². The molecule has 1 amide bonds. The topological polar surface area (TPSA) is 64.2 Å². The Kier molecular flexibility index (Phi) is 4.18. The first kappa shape index (κ1) is 19.1. The molecular weight excluding hydrogens is 393 g/mol. The Morgan fingerprint density at radius 3 is 2.47 bits per heavy atom. The van der Waals surface area contributed by atoms with Crippen molar-refractivity contribution in [1.29, 1.82) is 0 Å². The molecule has 2 N–H and O–H groups in total. The molecule has 2 heterocycles. The molecule has 2 aromatic carbocycles. The van der Waals surface area contributed by atoms with Crippen molar-refractivity contribution in [3.05, 3.63) is 53.7 Å². The summed E-state index contributed by atoms with van der Waals surface area (Å²) in [6.45, 7) is 1.21. The minimum absolute atomic E-state index is 0.0660. The van der Waals surface area contributed by atoms with E-state index in [0.717, 1.165) is 40.6 Å². The van der Waals surface area contributed by atoms with Crippen LogP contribution >= 0.6 is 0 Å². The molecule has 2 aliphatic rings. The molecule has 0 unspecified atom stereocenters. The number of nitrogens with two attached hydrogens (primary N) is 1. The van der Waals surface area contributed by atoms with Crippen LogP contribution in [0.2, 0.25) is 0 Å².